The van der Waals surface area contributed by atoms with Crippen molar-refractivity contribution in [2.75, 3.05) is 12.3 Å². The Labute approximate surface area is 116 Å². The molecule has 2 N–H and O–H groups in total. The van der Waals surface area contributed by atoms with Gasteiger partial charge in [-0.25, -0.2) is 9.67 Å². The first-order chi connectivity index (χ1) is 8.59. The summed E-state index contributed by atoms with van der Waals surface area (Å²) in [7, 11) is -0.226. The van der Waals surface area contributed by atoms with Crippen LogP contribution in [0.2, 0.25) is 19.1 Å². The maximum Gasteiger partial charge on any atom is 0.310 e. The van der Waals surface area contributed by atoms with Crippen LogP contribution in [-0.2, 0) is 11.5 Å². The van der Waals surface area contributed by atoms with Gasteiger partial charge >= 0.3 is 8.80 Å². The van der Waals surface area contributed by atoms with Gasteiger partial charge < -0.3 is 10.5 Å². The summed E-state index contributed by atoms with van der Waals surface area (Å²) >= 11 is 3.46. The van der Waals surface area contributed by atoms with E-state index < -0.39 is 0 Å². The van der Waals surface area contributed by atoms with Crippen molar-refractivity contribution in [1.29, 1.82) is 0 Å². The Morgan fingerprint density at radius 3 is 2.94 bits per heavy atom. The largest absolute Gasteiger partial charge is 0.383 e. The van der Waals surface area contributed by atoms with Gasteiger partial charge in [-0.1, -0.05) is 0 Å². The second-order valence-corrected chi connectivity index (χ2v) is 8.16. The number of halogens is 1. The Morgan fingerprint density at radius 2 is 2.22 bits per heavy atom. The Hall–Kier alpha value is -0.923. The van der Waals surface area contributed by atoms with Gasteiger partial charge in [-0.3, -0.25) is 0 Å². The van der Waals surface area contributed by atoms with Crippen LogP contribution in [0.25, 0.3) is 10.9 Å². The number of nitrogens with two attached hydrogens (primary N) is 1. The monoisotopic (exact) mass is 327 g/mol. The molecular weight excluding hydrogens is 312 g/mol. The fourth-order valence-electron chi connectivity index (χ4n) is 1.61. The molecule has 2 aromatic heterocycles. The smallest absolute Gasteiger partial charge is 0.310 e. The molecule has 0 radical (unpaired) electrons. The topological polar surface area (TPSA) is 66.0 Å². The van der Waals surface area contributed by atoms with Crippen molar-refractivity contribution in [3.05, 3.63) is 16.9 Å². The van der Waals surface area contributed by atoms with Crippen molar-refractivity contribution in [1.82, 2.24) is 14.8 Å². The lowest BCUT2D eigenvalue weighted by atomic mass is 10.3. The van der Waals surface area contributed by atoms with Crippen molar-refractivity contribution in [3.8, 4) is 0 Å². The summed E-state index contributed by atoms with van der Waals surface area (Å²) in [5, 5.41) is 5.13. The molecule has 0 aliphatic heterocycles. The molecular formula is C11H16BrN4OSi+. The first-order valence-electron chi connectivity index (χ1n) is 5.72. The zero-order valence-corrected chi connectivity index (χ0v) is 13.1. The predicted molar refractivity (Wildman–Crippen MR) is 77.9 cm³/mol. The van der Waals surface area contributed by atoms with Gasteiger partial charge in [0.1, 0.15) is 12.5 Å². The molecule has 0 amide bonds. The van der Waals surface area contributed by atoms with Gasteiger partial charge in [0.15, 0.2) is 0 Å². The number of pyridine rings is 1. The molecule has 2 aromatic rings. The average molecular weight is 328 g/mol. The van der Waals surface area contributed by atoms with Crippen molar-refractivity contribution < 1.29 is 4.74 Å². The molecule has 7 heteroatoms. The number of hydrogen-bond acceptors (Lipinski definition) is 4. The van der Waals surface area contributed by atoms with Crippen LogP contribution in [0.3, 0.4) is 0 Å². The molecule has 0 atom stereocenters. The molecule has 0 fully saturated rings. The van der Waals surface area contributed by atoms with Gasteiger partial charge in [-0.2, -0.15) is 5.10 Å². The van der Waals surface area contributed by atoms with Crippen LogP contribution >= 0.6 is 15.9 Å². The number of anilines is 1. The molecule has 2 heterocycles. The second kappa shape index (κ2) is 5.81. The third-order valence-corrected chi connectivity index (χ3v) is 4.40. The Kier molecular flexibility index (Phi) is 4.36. The highest BCUT2D eigenvalue weighted by molar-refractivity contribution is 9.10. The number of nitrogen functional groups attached to an aromatic ring is 1. The van der Waals surface area contributed by atoms with E-state index in [-0.39, 0.29) is 8.80 Å². The summed E-state index contributed by atoms with van der Waals surface area (Å²) in [6.07, 6.45) is 3.41. The SMILES string of the molecule is C[Si+](C)CCOCn1ncc2c(N)ncc(Br)c21. The van der Waals surface area contributed by atoms with E-state index in [1.165, 1.54) is 0 Å². The molecule has 0 aromatic carbocycles. The van der Waals surface area contributed by atoms with Crippen LogP contribution in [0.1, 0.15) is 0 Å². The molecule has 2 rings (SSSR count). The number of ether oxygens (including phenoxy) is 1. The lowest BCUT2D eigenvalue weighted by Gasteiger charge is -2.05. The average Bonchev–Trinajstić information content (AvgIpc) is 2.74. The maximum atomic E-state index is 5.81. The molecule has 0 spiro atoms. The highest BCUT2D eigenvalue weighted by Gasteiger charge is 2.12. The van der Waals surface area contributed by atoms with Gasteiger partial charge in [0.05, 0.1) is 47.3 Å². The first-order valence-corrected chi connectivity index (χ1v) is 9.22. The Balaban J connectivity index is 2.12. The molecule has 0 aliphatic rings. The van der Waals surface area contributed by atoms with Crippen LogP contribution in [0.15, 0.2) is 16.9 Å². The van der Waals surface area contributed by atoms with Gasteiger partial charge in [0.25, 0.3) is 0 Å². The maximum absolute atomic E-state index is 5.81. The number of hydrogen-bond donors (Lipinski definition) is 1. The van der Waals surface area contributed by atoms with Crippen LogP contribution in [0.4, 0.5) is 5.82 Å². The van der Waals surface area contributed by atoms with Gasteiger partial charge in [0.2, 0.25) is 0 Å². The Bertz CT molecular complexity index is 543. The van der Waals surface area contributed by atoms with E-state index >= 15 is 0 Å². The van der Waals surface area contributed by atoms with Crippen molar-refractivity contribution in [2.24, 2.45) is 0 Å². The lowest BCUT2D eigenvalue weighted by molar-refractivity contribution is 0.0819. The van der Waals surface area contributed by atoms with E-state index in [0.717, 1.165) is 28.0 Å². The van der Waals surface area contributed by atoms with E-state index in [9.17, 15) is 0 Å². The second-order valence-electron chi connectivity index (χ2n) is 4.39. The van der Waals surface area contributed by atoms with Crippen molar-refractivity contribution >= 4 is 41.4 Å². The molecule has 5 nitrogen and oxygen atoms in total. The molecule has 96 valence electrons. The molecule has 0 unspecified atom stereocenters. The number of aromatic nitrogens is 3. The normalized spacial score (nSPS) is 11.1. The highest BCUT2D eigenvalue weighted by atomic mass is 79.9. The van der Waals surface area contributed by atoms with E-state index in [0.29, 0.717) is 12.5 Å². The summed E-state index contributed by atoms with van der Waals surface area (Å²) in [6.45, 7) is 5.78. The predicted octanol–water partition coefficient (Wildman–Crippen LogP) is 2.50. The zero-order chi connectivity index (χ0) is 13.1. The summed E-state index contributed by atoms with van der Waals surface area (Å²) in [5.41, 5.74) is 6.74. The number of rotatable bonds is 5. The summed E-state index contributed by atoms with van der Waals surface area (Å²) < 4.78 is 8.31. The lowest BCUT2D eigenvalue weighted by Crippen LogP contribution is -2.09. The summed E-state index contributed by atoms with van der Waals surface area (Å²) in [6, 6.07) is 1.15. The third-order valence-electron chi connectivity index (χ3n) is 2.62. The van der Waals surface area contributed by atoms with Crippen LogP contribution in [0.5, 0.6) is 0 Å². The van der Waals surface area contributed by atoms with Crippen LogP contribution in [0, 0.1) is 0 Å². The van der Waals surface area contributed by atoms with Crippen molar-refractivity contribution in [2.45, 2.75) is 25.9 Å². The molecule has 0 saturated heterocycles. The molecule has 0 bridgehead atoms. The fraction of sp³-hybridized carbons (Fsp3) is 0.455. The van der Waals surface area contributed by atoms with Crippen molar-refractivity contribution in [3.63, 3.8) is 0 Å². The minimum atomic E-state index is -0.226. The number of nitrogens with zero attached hydrogens (tertiary/aromatic N) is 3. The third kappa shape index (κ3) is 2.90. The quantitative estimate of drug-likeness (QED) is 0.676. The number of fused-ring (bicyclic) bond motifs is 1. The minimum Gasteiger partial charge on any atom is -0.383 e. The van der Waals surface area contributed by atoms with Crippen LogP contribution < -0.4 is 5.73 Å². The van der Waals surface area contributed by atoms with Gasteiger partial charge in [0, 0.05) is 6.20 Å². The van der Waals surface area contributed by atoms with E-state index in [4.69, 9.17) is 10.5 Å². The first kappa shape index (κ1) is 13.5. The van der Waals surface area contributed by atoms with Crippen LogP contribution in [-0.4, -0.2) is 30.2 Å². The molecule has 18 heavy (non-hydrogen) atoms. The fourth-order valence-corrected chi connectivity index (χ4v) is 2.68. The van der Waals surface area contributed by atoms with E-state index in [2.05, 4.69) is 39.1 Å². The summed E-state index contributed by atoms with van der Waals surface area (Å²) in [4.78, 5) is 4.08. The highest BCUT2D eigenvalue weighted by Crippen LogP contribution is 2.26. The summed E-state index contributed by atoms with van der Waals surface area (Å²) in [5.74, 6) is 0.493. The zero-order valence-electron chi connectivity index (χ0n) is 10.5. The van der Waals surface area contributed by atoms with Gasteiger partial charge in [-0.05, 0) is 15.9 Å². The van der Waals surface area contributed by atoms with E-state index in [1.807, 2.05) is 0 Å². The van der Waals surface area contributed by atoms with Gasteiger partial charge in [-0.15, -0.1) is 0 Å². The standard InChI is InChI=1S/C11H16BrN4OSi/c1-18(2)4-3-17-7-16-10-8(5-15-16)11(13)14-6-9(10)12/h5-6H,3-4,7H2,1-2H3,(H2,13,14)/q+1. The minimum absolute atomic E-state index is 0.226. The molecule has 0 saturated carbocycles. The molecule has 0 aliphatic carbocycles. The Morgan fingerprint density at radius 1 is 1.44 bits per heavy atom. The van der Waals surface area contributed by atoms with E-state index in [1.54, 1.807) is 17.1 Å².